The summed E-state index contributed by atoms with van der Waals surface area (Å²) in [5.74, 6) is 0.739. The molecule has 1 saturated carbocycles. The van der Waals surface area contributed by atoms with Crippen molar-refractivity contribution in [3.8, 4) is 24.2 Å². The molecule has 2 aliphatic rings. The standard InChI is InChI=1S/C23H24F3N3O4/c1-2-16-6-7-17(12-27)29(16)21(30)13-28-15-4-8-18(9-5-15)33-20-10-3-14(23(24,25)26)11-19(20)22(31)32/h1,3,10-11,15-18,28H,4-9,13H2,(H,31,32)/t15?,16-,17-,18?/m0/s1. The Morgan fingerprint density at radius 1 is 1.18 bits per heavy atom. The fraction of sp³-hybridized carbons (Fsp3) is 0.522. The Morgan fingerprint density at radius 3 is 2.42 bits per heavy atom. The van der Waals surface area contributed by atoms with Gasteiger partial charge < -0.3 is 20.1 Å². The van der Waals surface area contributed by atoms with Gasteiger partial charge in [-0.05, 0) is 56.7 Å². The Hall–Kier alpha value is -3.24. The largest absolute Gasteiger partial charge is 0.490 e. The number of carboxylic acid groups (broad SMARTS) is 1. The topological polar surface area (TPSA) is 103 Å². The number of likely N-dealkylation sites (tertiary alicyclic amines) is 1. The molecule has 1 aliphatic carbocycles. The van der Waals surface area contributed by atoms with Crippen LogP contribution in [0.4, 0.5) is 13.2 Å². The minimum Gasteiger partial charge on any atom is -0.490 e. The third-order valence-electron chi connectivity index (χ3n) is 6.06. The molecule has 1 amide bonds. The number of hydrogen-bond acceptors (Lipinski definition) is 5. The first-order valence-electron chi connectivity index (χ1n) is 10.7. The van der Waals surface area contributed by atoms with Crippen molar-refractivity contribution in [1.29, 1.82) is 5.26 Å². The summed E-state index contributed by atoms with van der Waals surface area (Å²) in [7, 11) is 0. The van der Waals surface area contributed by atoms with Crippen molar-refractivity contribution >= 4 is 11.9 Å². The zero-order valence-electron chi connectivity index (χ0n) is 17.8. The van der Waals surface area contributed by atoms with E-state index in [0.717, 1.165) is 12.1 Å². The SMILES string of the molecule is C#C[C@H]1CC[C@@H](C#N)N1C(=O)CNC1CCC(Oc2ccc(C(F)(F)F)cc2C(=O)O)CC1. The smallest absolute Gasteiger partial charge is 0.416 e. The van der Waals surface area contributed by atoms with E-state index in [1.807, 2.05) is 0 Å². The molecule has 176 valence electrons. The Labute approximate surface area is 189 Å². The summed E-state index contributed by atoms with van der Waals surface area (Å²) in [5.41, 5.74) is -1.58. The van der Waals surface area contributed by atoms with Gasteiger partial charge >= 0.3 is 12.1 Å². The zero-order valence-corrected chi connectivity index (χ0v) is 17.8. The minimum atomic E-state index is -4.65. The number of hydrogen-bond donors (Lipinski definition) is 2. The number of nitrogens with zero attached hydrogens (tertiary/aromatic N) is 2. The lowest BCUT2D eigenvalue weighted by Gasteiger charge is -2.31. The number of amides is 1. The van der Waals surface area contributed by atoms with Gasteiger partial charge in [0.15, 0.2) is 0 Å². The number of alkyl halides is 3. The predicted molar refractivity (Wildman–Crippen MR) is 111 cm³/mol. The molecule has 0 spiro atoms. The summed E-state index contributed by atoms with van der Waals surface area (Å²) in [4.78, 5) is 25.5. The van der Waals surface area contributed by atoms with Crippen LogP contribution in [0.3, 0.4) is 0 Å². The second-order valence-electron chi connectivity index (χ2n) is 8.19. The molecule has 33 heavy (non-hydrogen) atoms. The minimum absolute atomic E-state index is 0.0211. The molecule has 1 saturated heterocycles. The highest BCUT2D eigenvalue weighted by Crippen LogP contribution is 2.34. The van der Waals surface area contributed by atoms with Crippen molar-refractivity contribution in [3.05, 3.63) is 29.3 Å². The van der Waals surface area contributed by atoms with Crippen molar-refractivity contribution in [2.24, 2.45) is 0 Å². The van der Waals surface area contributed by atoms with E-state index in [2.05, 4.69) is 17.3 Å². The van der Waals surface area contributed by atoms with Crippen LogP contribution in [0.1, 0.15) is 54.4 Å². The number of aromatic carboxylic acids is 1. The summed E-state index contributed by atoms with van der Waals surface area (Å²) < 4.78 is 44.4. The van der Waals surface area contributed by atoms with Crippen LogP contribution in [0.25, 0.3) is 0 Å². The number of nitrogens with one attached hydrogen (secondary N) is 1. The first-order chi connectivity index (χ1) is 15.6. The van der Waals surface area contributed by atoms with Gasteiger partial charge in [0, 0.05) is 6.04 Å². The third kappa shape index (κ3) is 5.77. The second-order valence-corrected chi connectivity index (χ2v) is 8.19. The molecule has 0 aromatic heterocycles. The molecule has 2 fully saturated rings. The van der Waals surface area contributed by atoms with Crippen LogP contribution < -0.4 is 10.1 Å². The number of carbonyl (C=O) groups is 2. The monoisotopic (exact) mass is 463 g/mol. The lowest BCUT2D eigenvalue weighted by Crippen LogP contribution is -2.47. The number of benzene rings is 1. The van der Waals surface area contributed by atoms with Gasteiger partial charge in [-0.1, -0.05) is 5.92 Å². The average molecular weight is 463 g/mol. The maximum absolute atomic E-state index is 12.9. The van der Waals surface area contributed by atoms with E-state index in [-0.39, 0.29) is 36.4 Å². The van der Waals surface area contributed by atoms with Crippen molar-refractivity contribution in [2.75, 3.05) is 6.54 Å². The number of halogens is 3. The number of ether oxygens (including phenoxy) is 1. The summed E-state index contributed by atoms with van der Waals surface area (Å²) in [6, 6.07) is 3.66. The first kappa shape index (κ1) is 24.4. The maximum Gasteiger partial charge on any atom is 0.416 e. The van der Waals surface area contributed by atoms with Gasteiger partial charge in [-0.15, -0.1) is 6.42 Å². The fourth-order valence-corrected chi connectivity index (χ4v) is 4.31. The molecule has 0 radical (unpaired) electrons. The van der Waals surface area contributed by atoms with Gasteiger partial charge in [0.2, 0.25) is 5.91 Å². The molecule has 0 unspecified atom stereocenters. The van der Waals surface area contributed by atoms with Crippen LogP contribution in [-0.4, -0.2) is 52.7 Å². The predicted octanol–water partition coefficient (Wildman–Crippen LogP) is 3.20. The maximum atomic E-state index is 12.9. The fourth-order valence-electron chi connectivity index (χ4n) is 4.31. The summed E-state index contributed by atoms with van der Waals surface area (Å²) in [6.07, 6.45) is 4.01. The van der Waals surface area contributed by atoms with E-state index in [9.17, 15) is 33.1 Å². The van der Waals surface area contributed by atoms with Gasteiger partial charge in [-0.2, -0.15) is 18.4 Å². The molecule has 1 aromatic rings. The van der Waals surface area contributed by atoms with E-state index < -0.39 is 29.3 Å². The summed E-state index contributed by atoms with van der Waals surface area (Å²) in [5, 5.41) is 21.7. The van der Waals surface area contributed by atoms with Gasteiger partial charge in [0.05, 0.1) is 30.3 Å². The van der Waals surface area contributed by atoms with Crippen LogP contribution in [0, 0.1) is 23.7 Å². The first-order valence-corrected chi connectivity index (χ1v) is 10.7. The van der Waals surface area contributed by atoms with Crippen molar-refractivity contribution in [3.63, 3.8) is 0 Å². The second kappa shape index (κ2) is 10.1. The van der Waals surface area contributed by atoms with E-state index in [1.54, 1.807) is 0 Å². The van der Waals surface area contributed by atoms with Gasteiger partial charge in [-0.25, -0.2) is 4.79 Å². The Bertz CT molecular complexity index is 953. The molecular formula is C23H24F3N3O4. The molecule has 7 nitrogen and oxygen atoms in total. The Kier molecular flexibility index (Phi) is 7.50. The highest BCUT2D eigenvalue weighted by atomic mass is 19.4. The molecule has 10 heteroatoms. The number of rotatable bonds is 6. The Balaban J connectivity index is 1.53. The molecule has 3 rings (SSSR count). The van der Waals surface area contributed by atoms with Crippen molar-refractivity contribution in [2.45, 2.75) is 68.9 Å². The lowest BCUT2D eigenvalue weighted by molar-refractivity contribution is -0.137. The quantitative estimate of drug-likeness (QED) is 0.629. The van der Waals surface area contributed by atoms with E-state index in [0.29, 0.717) is 44.6 Å². The third-order valence-corrected chi connectivity index (χ3v) is 6.06. The normalized spacial score (nSPS) is 25.2. The van der Waals surface area contributed by atoms with E-state index in [4.69, 9.17) is 11.2 Å². The summed E-state index contributed by atoms with van der Waals surface area (Å²) >= 11 is 0. The molecule has 2 N–H and O–H groups in total. The highest BCUT2D eigenvalue weighted by Gasteiger charge is 2.36. The average Bonchev–Trinajstić information content (AvgIpc) is 3.21. The number of carbonyl (C=O) groups excluding carboxylic acids is 1. The molecular weight excluding hydrogens is 439 g/mol. The number of carboxylic acids is 1. The van der Waals surface area contributed by atoms with E-state index >= 15 is 0 Å². The van der Waals surface area contributed by atoms with Gasteiger partial charge in [-0.3, -0.25) is 4.79 Å². The van der Waals surface area contributed by atoms with Crippen LogP contribution in [-0.2, 0) is 11.0 Å². The van der Waals surface area contributed by atoms with Crippen LogP contribution in [0.15, 0.2) is 18.2 Å². The van der Waals surface area contributed by atoms with Crippen LogP contribution in [0.5, 0.6) is 5.75 Å². The van der Waals surface area contributed by atoms with Gasteiger partial charge in [0.1, 0.15) is 17.4 Å². The van der Waals surface area contributed by atoms with Gasteiger partial charge in [0.25, 0.3) is 0 Å². The van der Waals surface area contributed by atoms with Crippen molar-refractivity contribution in [1.82, 2.24) is 10.2 Å². The van der Waals surface area contributed by atoms with Crippen molar-refractivity contribution < 1.29 is 32.6 Å². The zero-order chi connectivity index (χ0) is 24.2. The van der Waals surface area contributed by atoms with Crippen LogP contribution >= 0.6 is 0 Å². The molecule has 1 aliphatic heterocycles. The molecule has 1 aromatic carbocycles. The Morgan fingerprint density at radius 2 is 1.85 bits per heavy atom. The molecule has 1 heterocycles. The highest BCUT2D eigenvalue weighted by molar-refractivity contribution is 5.91. The number of nitriles is 1. The molecule has 0 bridgehead atoms. The lowest BCUT2D eigenvalue weighted by atomic mass is 9.92. The summed E-state index contributed by atoms with van der Waals surface area (Å²) in [6.45, 7) is 0.0502. The number of terminal acetylenes is 1. The van der Waals surface area contributed by atoms with Crippen LogP contribution in [0.2, 0.25) is 0 Å². The van der Waals surface area contributed by atoms with E-state index in [1.165, 1.54) is 4.90 Å². The molecule has 2 atom stereocenters.